The van der Waals surface area contributed by atoms with Gasteiger partial charge in [0.2, 0.25) is 0 Å². The lowest BCUT2D eigenvalue weighted by atomic mass is 10.1. The van der Waals surface area contributed by atoms with Crippen LogP contribution in [0.25, 0.3) is 0 Å². The topological polar surface area (TPSA) is 55.4 Å². The van der Waals surface area contributed by atoms with E-state index >= 15 is 0 Å². The molecule has 0 aliphatic carbocycles. The van der Waals surface area contributed by atoms with E-state index in [4.69, 9.17) is 0 Å². The van der Waals surface area contributed by atoms with Gasteiger partial charge in [-0.2, -0.15) is 0 Å². The number of esters is 1. The normalized spacial score (nSPS) is 13.8. The lowest BCUT2D eigenvalue weighted by molar-refractivity contribution is 0.0600. The molecule has 1 aromatic rings. The van der Waals surface area contributed by atoms with Gasteiger partial charge in [0, 0.05) is 33.3 Å². The van der Waals surface area contributed by atoms with Crippen molar-refractivity contribution < 1.29 is 13.7 Å². The number of hydrogen-bond acceptors (Lipinski definition) is 4. The molecular formula is C14H20BrNO3S. The minimum Gasteiger partial charge on any atom is -0.465 e. The highest BCUT2D eigenvalue weighted by atomic mass is 79.9. The first-order valence-corrected chi connectivity index (χ1v) is 8.76. The van der Waals surface area contributed by atoms with Crippen LogP contribution in [0.5, 0.6) is 0 Å². The van der Waals surface area contributed by atoms with Crippen LogP contribution in [0.4, 0.5) is 0 Å². The Labute approximate surface area is 130 Å². The molecule has 1 N–H and O–H groups in total. The summed E-state index contributed by atoms with van der Waals surface area (Å²) >= 11 is 3.45. The molecule has 0 spiro atoms. The van der Waals surface area contributed by atoms with E-state index in [1.807, 2.05) is 13.0 Å². The molecule has 4 nitrogen and oxygen atoms in total. The number of carbonyl (C=O) groups is 1. The van der Waals surface area contributed by atoms with Gasteiger partial charge in [-0.1, -0.05) is 28.9 Å². The summed E-state index contributed by atoms with van der Waals surface area (Å²) in [7, 11) is 0.593. The van der Waals surface area contributed by atoms with Gasteiger partial charge in [0.15, 0.2) is 0 Å². The van der Waals surface area contributed by atoms with Gasteiger partial charge in [-0.25, -0.2) is 4.79 Å². The maximum Gasteiger partial charge on any atom is 0.337 e. The average Bonchev–Trinajstić information content (AvgIpc) is 2.43. The molecule has 0 bridgehead atoms. The Morgan fingerprint density at radius 2 is 2.20 bits per heavy atom. The van der Waals surface area contributed by atoms with Crippen LogP contribution in [-0.2, 0) is 22.1 Å². The van der Waals surface area contributed by atoms with Crippen molar-refractivity contribution in [2.45, 2.75) is 25.1 Å². The summed E-state index contributed by atoms with van der Waals surface area (Å²) in [6, 6.07) is 5.40. The number of hydrogen-bond donors (Lipinski definition) is 1. The van der Waals surface area contributed by atoms with Crippen molar-refractivity contribution in [2.24, 2.45) is 0 Å². The molecular weight excluding hydrogens is 342 g/mol. The van der Waals surface area contributed by atoms with Crippen molar-refractivity contribution in [3.63, 3.8) is 0 Å². The number of methoxy groups -OCH3 is 1. The maximum atomic E-state index is 11.4. The molecule has 0 radical (unpaired) electrons. The van der Waals surface area contributed by atoms with E-state index in [1.54, 1.807) is 18.4 Å². The van der Waals surface area contributed by atoms with E-state index in [-0.39, 0.29) is 11.2 Å². The second-order valence-electron chi connectivity index (χ2n) is 4.57. The van der Waals surface area contributed by atoms with Crippen molar-refractivity contribution in [3.8, 4) is 0 Å². The fraction of sp³-hybridized carbons (Fsp3) is 0.500. The van der Waals surface area contributed by atoms with Gasteiger partial charge in [-0.05, 0) is 30.7 Å². The van der Waals surface area contributed by atoms with E-state index in [0.29, 0.717) is 12.1 Å². The van der Waals surface area contributed by atoms with Crippen molar-refractivity contribution in [2.75, 3.05) is 19.9 Å². The highest BCUT2D eigenvalue weighted by Crippen LogP contribution is 2.19. The number of nitrogens with one attached hydrogen (secondary N) is 1. The first kappa shape index (κ1) is 17.3. The lowest BCUT2D eigenvalue weighted by Gasteiger charge is -2.10. The van der Waals surface area contributed by atoms with Crippen molar-refractivity contribution >= 4 is 32.7 Å². The van der Waals surface area contributed by atoms with E-state index < -0.39 is 10.8 Å². The van der Waals surface area contributed by atoms with E-state index in [2.05, 4.69) is 26.0 Å². The molecule has 112 valence electrons. The average molecular weight is 362 g/mol. The molecule has 0 aliphatic heterocycles. The van der Waals surface area contributed by atoms with Crippen LogP contribution in [0.15, 0.2) is 22.7 Å². The van der Waals surface area contributed by atoms with E-state index in [1.165, 1.54) is 7.11 Å². The van der Waals surface area contributed by atoms with Crippen molar-refractivity contribution in [3.05, 3.63) is 33.8 Å². The molecule has 0 aliphatic rings. The third kappa shape index (κ3) is 5.34. The van der Waals surface area contributed by atoms with Gasteiger partial charge < -0.3 is 10.1 Å². The fourth-order valence-corrected chi connectivity index (χ4v) is 2.60. The third-order valence-electron chi connectivity index (χ3n) is 3.08. The zero-order chi connectivity index (χ0) is 15.1. The molecule has 1 rings (SSSR count). The smallest absolute Gasteiger partial charge is 0.337 e. The number of carbonyl (C=O) groups excluding carboxylic acids is 1. The van der Waals surface area contributed by atoms with Gasteiger partial charge >= 0.3 is 5.97 Å². The number of ether oxygens (including phenoxy) is 1. The summed E-state index contributed by atoms with van der Waals surface area (Å²) in [4.78, 5) is 11.4. The second-order valence-corrected chi connectivity index (χ2v) is 7.23. The van der Waals surface area contributed by atoms with Crippen LogP contribution in [0.1, 0.15) is 29.3 Å². The zero-order valence-corrected chi connectivity index (χ0v) is 14.3. The zero-order valence-electron chi connectivity index (χ0n) is 11.9. The number of halogens is 1. The second kappa shape index (κ2) is 8.54. The van der Waals surface area contributed by atoms with Gasteiger partial charge in [0.25, 0.3) is 0 Å². The molecule has 0 aromatic heterocycles. The van der Waals surface area contributed by atoms with Crippen LogP contribution in [0.3, 0.4) is 0 Å². The maximum absolute atomic E-state index is 11.4. The molecule has 0 saturated heterocycles. The van der Waals surface area contributed by atoms with Gasteiger partial charge in [-0.15, -0.1) is 0 Å². The Kier molecular flexibility index (Phi) is 7.40. The number of benzene rings is 1. The number of rotatable bonds is 7. The highest BCUT2D eigenvalue weighted by molar-refractivity contribution is 9.10. The summed E-state index contributed by atoms with van der Waals surface area (Å²) in [5.74, 6) is -0.343. The molecule has 1 aromatic carbocycles. The SMILES string of the molecule is COC(=O)c1ccc(CNCCC(C)S(C)=O)c(Br)c1. The quantitative estimate of drug-likeness (QED) is 0.598. The summed E-state index contributed by atoms with van der Waals surface area (Å²) in [5.41, 5.74) is 1.60. The highest BCUT2D eigenvalue weighted by Gasteiger charge is 2.09. The molecule has 6 heteroatoms. The summed E-state index contributed by atoms with van der Waals surface area (Å²) < 4.78 is 16.8. The molecule has 20 heavy (non-hydrogen) atoms. The molecule has 2 unspecified atom stereocenters. The molecule has 0 heterocycles. The molecule has 2 atom stereocenters. The Morgan fingerprint density at radius 3 is 2.75 bits per heavy atom. The Morgan fingerprint density at radius 1 is 1.50 bits per heavy atom. The van der Waals surface area contributed by atoms with Crippen molar-refractivity contribution in [1.29, 1.82) is 0 Å². The minimum atomic E-state index is -0.773. The first-order valence-electron chi connectivity index (χ1n) is 6.35. The van der Waals surface area contributed by atoms with Gasteiger partial charge in [0.05, 0.1) is 12.7 Å². The fourth-order valence-electron chi connectivity index (χ4n) is 1.63. The Bertz CT molecular complexity index is 493. The predicted molar refractivity (Wildman–Crippen MR) is 85.3 cm³/mol. The largest absolute Gasteiger partial charge is 0.465 e. The van der Waals surface area contributed by atoms with Gasteiger partial charge in [-0.3, -0.25) is 4.21 Å². The lowest BCUT2D eigenvalue weighted by Crippen LogP contribution is -2.21. The van der Waals surface area contributed by atoms with E-state index in [9.17, 15) is 9.00 Å². The van der Waals surface area contributed by atoms with Crippen LogP contribution >= 0.6 is 15.9 Å². The molecule has 0 saturated carbocycles. The Hall–Kier alpha value is -0.720. The van der Waals surface area contributed by atoms with Crippen LogP contribution in [-0.4, -0.2) is 35.3 Å². The van der Waals surface area contributed by atoms with Crippen molar-refractivity contribution in [1.82, 2.24) is 5.32 Å². The van der Waals surface area contributed by atoms with Crippen LogP contribution in [0.2, 0.25) is 0 Å². The standard InChI is InChI=1S/C14H20BrNO3S/c1-10(20(3)18)6-7-16-9-12-5-4-11(8-13(12)15)14(17)19-2/h4-5,8,10,16H,6-7,9H2,1-3H3. The predicted octanol–water partition coefficient (Wildman–Crippen LogP) is 2.48. The minimum absolute atomic E-state index is 0.202. The molecule has 0 amide bonds. The summed E-state index contributed by atoms with van der Waals surface area (Å²) in [6.07, 6.45) is 2.60. The van der Waals surface area contributed by atoms with E-state index in [0.717, 1.165) is 23.0 Å². The third-order valence-corrected chi connectivity index (χ3v) is 5.19. The summed E-state index contributed by atoms with van der Waals surface area (Å²) in [5, 5.41) is 3.51. The van der Waals surface area contributed by atoms with Crippen LogP contribution < -0.4 is 5.32 Å². The monoisotopic (exact) mass is 361 g/mol. The first-order chi connectivity index (χ1) is 9.45. The molecule has 0 fully saturated rings. The summed E-state index contributed by atoms with van der Waals surface area (Å²) in [6.45, 7) is 3.50. The van der Waals surface area contributed by atoms with Crippen LogP contribution in [0, 0.1) is 0 Å². The van der Waals surface area contributed by atoms with Gasteiger partial charge in [0.1, 0.15) is 0 Å². The Balaban J connectivity index is 2.49.